The molecule has 0 atom stereocenters. The average Bonchev–Trinajstić information content (AvgIpc) is 2.87. The summed E-state index contributed by atoms with van der Waals surface area (Å²) in [6.07, 6.45) is 0.987. The summed E-state index contributed by atoms with van der Waals surface area (Å²) in [5, 5.41) is 1.87. The Morgan fingerprint density at radius 1 is 1.19 bits per heavy atom. The van der Waals surface area contributed by atoms with Gasteiger partial charge in [0.25, 0.3) is 0 Å². The van der Waals surface area contributed by atoms with Crippen molar-refractivity contribution in [3.8, 4) is 11.6 Å². The minimum atomic E-state index is 0.654. The average molecular weight is 383 g/mol. The summed E-state index contributed by atoms with van der Waals surface area (Å²) < 4.78 is 11.4. The number of ether oxygens (including phenoxy) is 2. The fourth-order valence-electron chi connectivity index (χ4n) is 3.53. The van der Waals surface area contributed by atoms with E-state index in [1.807, 2.05) is 24.3 Å². The van der Waals surface area contributed by atoms with Gasteiger partial charge in [0.2, 0.25) is 5.88 Å². The monoisotopic (exact) mass is 382 g/mol. The Bertz CT molecular complexity index is 957. The quantitative estimate of drug-likeness (QED) is 0.658. The van der Waals surface area contributed by atoms with Crippen LogP contribution in [0.5, 0.6) is 11.6 Å². The third-order valence-corrected chi connectivity index (χ3v) is 5.28. The molecule has 3 aromatic rings. The summed E-state index contributed by atoms with van der Waals surface area (Å²) in [7, 11) is 1.69. The molecule has 0 spiro atoms. The molecule has 0 radical (unpaired) electrons. The summed E-state index contributed by atoms with van der Waals surface area (Å²) in [4.78, 5) is 7.21. The number of rotatable bonds is 4. The smallest absolute Gasteiger partial charge is 0.218 e. The number of benzene rings is 2. The molecule has 5 heteroatoms. The minimum absolute atomic E-state index is 0.654. The largest absolute Gasteiger partial charge is 0.497 e. The van der Waals surface area contributed by atoms with Gasteiger partial charge in [0, 0.05) is 35.6 Å². The first-order chi connectivity index (χ1) is 13.1. The Hall–Kier alpha value is -2.30. The van der Waals surface area contributed by atoms with Crippen LogP contribution in [-0.2, 0) is 13.0 Å². The molecular weight excluding hydrogens is 360 g/mol. The molecule has 0 amide bonds. The fraction of sp³-hybridized carbons (Fsp3) is 0.318. The molecule has 4 nitrogen and oxygen atoms in total. The van der Waals surface area contributed by atoms with Crippen molar-refractivity contribution >= 4 is 22.5 Å². The minimum Gasteiger partial charge on any atom is -0.497 e. The van der Waals surface area contributed by atoms with Crippen LogP contribution in [-0.4, -0.2) is 36.7 Å². The van der Waals surface area contributed by atoms with E-state index < -0.39 is 0 Å². The Labute approximate surface area is 164 Å². The number of hydrogen-bond donors (Lipinski definition) is 0. The molecular formula is C22H23ClN2O2. The summed E-state index contributed by atoms with van der Waals surface area (Å²) >= 11 is 5.98. The standard InChI is InChI=1S/C22H23ClN2O2/c1-15-11-20(26-2)13-17-12-18-14-25(9-10-27-22(18)24-21(15)17)8-7-16-3-5-19(23)6-4-16/h3-6,11-13H,7-10,14H2,1-2H3. The molecule has 0 unspecified atom stereocenters. The highest BCUT2D eigenvalue weighted by atomic mass is 35.5. The van der Waals surface area contributed by atoms with Gasteiger partial charge in [0.05, 0.1) is 12.6 Å². The highest BCUT2D eigenvalue weighted by Crippen LogP contribution is 2.30. The molecule has 1 aliphatic rings. The van der Waals surface area contributed by atoms with E-state index in [0.717, 1.165) is 64.7 Å². The highest BCUT2D eigenvalue weighted by molar-refractivity contribution is 6.30. The van der Waals surface area contributed by atoms with Crippen LogP contribution in [0.4, 0.5) is 0 Å². The molecule has 0 fully saturated rings. The van der Waals surface area contributed by atoms with Gasteiger partial charge < -0.3 is 9.47 Å². The van der Waals surface area contributed by atoms with E-state index in [-0.39, 0.29) is 0 Å². The lowest BCUT2D eigenvalue weighted by molar-refractivity contribution is 0.225. The number of halogens is 1. The van der Waals surface area contributed by atoms with Crippen molar-refractivity contribution in [1.82, 2.24) is 9.88 Å². The van der Waals surface area contributed by atoms with E-state index in [1.165, 1.54) is 5.56 Å². The van der Waals surface area contributed by atoms with Crippen molar-refractivity contribution in [2.75, 3.05) is 26.8 Å². The van der Waals surface area contributed by atoms with Gasteiger partial charge in [-0.25, -0.2) is 4.98 Å². The molecule has 0 N–H and O–H groups in total. The van der Waals surface area contributed by atoms with Crippen LogP contribution in [0.2, 0.25) is 5.02 Å². The van der Waals surface area contributed by atoms with E-state index in [4.69, 9.17) is 26.1 Å². The van der Waals surface area contributed by atoms with Gasteiger partial charge in [-0.05, 0) is 54.8 Å². The fourth-order valence-corrected chi connectivity index (χ4v) is 3.66. The first kappa shape index (κ1) is 18.1. The second kappa shape index (κ2) is 7.75. The van der Waals surface area contributed by atoms with Gasteiger partial charge in [0.15, 0.2) is 0 Å². The normalized spacial score (nSPS) is 14.5. The van der Waals surface area contributed by atoms with Crippen molar-refractivity contribution in [2.24, 2.45) is 0 Å². The molecule has 1 aromatic heterocycles. The third-order valence-electron chi connectivity index (χ3n) is 5.03. The van der Waals surface area contributed by atoms with Crippen molar-refractivity contribution < 1.29 is 9.47 Å². The van der Waals surface area contributed by atoms with Crippen LogP contribution in [0.25, 0.3) is 10.9 Å². The predicted octanol–water partition coefficient (Wildman–Crippen LogP) is 4.64. The van der Waals surface area contributed by atoms with Crippen molar-refractivity contribution in [2.45, 2.75) is 19.9 Å². The van der Waals surface area contributed by atoms with Crippen molar-refractivity contribution in [3.05, 3.63) is 64.2 Å². The Kier molecular flexibility index (Phi) is 5.19. The molecule has 0 bridgehead atoms. The second-order valence-corrected chi connectivity index (χ2v) is 7.41. The maximum absolute atomic E-state index is 5.98. The molecule has 0 saturated heterocycles. The Morgan fingerprint density at radius 3 is 2.78 bits per heavy atom. The van der Waals surface area contributed by atoms with Crippen LogP contribution in [0, 0.1) is 6.92 Å². The zero-order valence-corrected chi connectivity index (χ0v) is 16.4. The zero-order chi connectivity index (χ0) is 18.8. The molecule has 2 heterocycles. The number of aromatic nitrogens is 1. The van der Waals surface area contributed by atoms with Crippen LogP contribution >= 0.6 is 11.6 Å². The van der Waals surface area contributed by atoms with Crippen molar-refractivity contribution in [1.29, 1.82) is 0 Å². The van der Waals surface area contributed by atoms with Crippen molar-refractivity contribution in [3.63, 3.8) is 0 Å². The first-order valence-corrected chi connectivity index (χ1v) is 9.58. The van der Waals surface area contributed by atoms with Gasteiger partial charge in [-0.15, -0.1) is 0 Å². The van der Waals surface area contributed by atoms with Gasteiger partial charge in [0.1, 0.15) is 12.4 Å². The first-order valence-electron chi connectivity index (χ1n) is 9.20. The Morgan fingerprint density at radius 2 is 2.00 bits per heavy atom. The van der Waals surface area contributed by atoms with E-state index in [0.29, 0.717) is 6.61 Å². The number of nitrogens with zero attached hydrogens (tertiary/aromatic N) is 2. The lowest BCUT2D eigenvalue weighted by Crippen LogP contribution is -2.27. The molecule has 0 saturated carbocycles. The van der Waals surface area contributed by atoms with E-state index >= 15 is 0 Å². The molecule has 140 valence electrons. The topological polar surface area (TPSA) is 34.6 Å². The maximum atomic E-state index is 5.98. The van der Waals surface area contributed by atoms with Crippen LogP contribution in [0.15, 0.2) is 42.5 Å². The van der Waals surface area contributed by atoms with Gasteiger partial charge in [-0.2, -0.15) is 0 Å². The van der Waals surface area contributed by atoms with Crippen LogP contribution in [0.3, 0.4) is 0 Å². The number of hydrogen-bond acceptors (Lipinski definition) is 4. The third kappa shape index (κ3) is 4.02. The number of aryl methyl sites for hydroxylation is 1. The van der Waals surface area contributed by atoms with Gasteiger partial charge >= 0.3 is 0 Å². The van der Waals surface area contributed by atoms with E-state index in [2.05, 4.69) is 30.0 Å². The SMILES string of the molecule is COc1cc(C)c2nc3c(cc2c1)CN(CCc1ccc(Cl)cc1)CCO3. The highest BCUT2D eigenvalue weighted by Gasteiger charge is 2.18. The number of fused-ring (bicyclic) bond motifs is 2. The van der Waals surface area contributed by atoms with Crippen LogP contribution < -0.4 is 9.47 Å². The summed E-state index contributed by atoms with van der Waals surface area (Å²) in [5.41, 5.74) is 4.49. The van der Waals surface area contributed by atoms with E-state index in [9.17, 15) is 0 Å². The Balaban J connectivity index is 1.56. The molecule has 1 aliphatic heterocycles. The summed E-state index contributed by atoms with van der Waals surface area (Å²) in [6, 6.07) is 14.3. The van der Waals surface area contributed by atoms with E-state index in [1.54, 1.807) is 7.11 Å². The molecule has 4 rings (SSSR count). The second-order valence-electron chi connectivity index (χ2n) is 6.97. The zero-order valence-electron chi connectivity index (χ0n) is 15.7. The number of pyridine rings is 1. The summed E-state index contributed by atoms with van der Waals surface area (Å²) in [6.45, 7) is 5.41. The molecule has 27 heavy (non-hydrogen) atoms. The molecule has 2 aromatic carbocycles. The van der Waals surface area contributed by atoms with Crippen LogP contribution in [0.1, 0.15) is 16.7 Å². The number of methoxy groups -OCH3 is 1. The lowest BCUT2D eigenvalue weighted by Gasteiger charge is -2.19. The van der Waals surface area contributed by atoms with Gasteiger partial charge in [-0.3, -0.25) is 4.90 Å². The molecule has 0 aliphatic carbocycles. The maximum Gasteiger partial charge on any atom is 0.218 e. The lowest BCUT2D eigenvalue weighted by atomic mass is 10.1. The summed E-state index contributed by atoms with van der Waals surface area (Å²) in [5.74, 6) is 1.61. The van der Waals surface area contributed by atoms with Gasteiger partial charge in [-0.1, -0.05) is 23.7 Å². The predicted molar refractivity (Wildman–Crippen MR) is 109 cm³/mol.